The fraction of sp³-hybridized carbons (Fsp3) is 0.0638. The summed E-state index contributed by atoms with van der Waals surface area (Å²) in [6.45, 7) is 2.86. The molecule has 0 atom stereocenters. The van der Waals surface area contributed by atoms with Crippen LogP contribution in [0, 0.1) is 81.3 Å². The molecule has 6 aromatic carbocycles. The average molecular weight is 1210 g/mol. The Balaban J connectivity index is 0.000000406. The summed E-state index contributed by atoms with van der Waals surface area (Å²) >= 11 is 4.91. The Kier molecular flexibility index (Phi) is 23.1. The molecule has 0 bridgehead atoms. The molecule has 59 heavy (non-hydrogen) atoms. The van der Waals surface area contributed by atoms with E-state index in [1.165, 1.54) is 54.0 Å². The van der Waals surface area contributed by atoms with Crippen LogP contribution in [0.4, 0.5) is 22.0 Å². The SMILES string of the molecule is CC#N.CC#N.Fc1c(C#CI)c(F)c(C#CI)c(F)c1C#CI.Fc1ccc(C(c2ccc(F)cc2)[P+](c2ccccc2)(c2ccccc2)c2ccccc2)cc1.[Br-]. The first-order valence-corrected chi connectivity index (χ1v) is 21.9. The van der Waals surface area contributed by atoms with Gasteiger partial charge in [0, 0.05) is 81.6 Å². The van der Waals surface area contributed by atoms with Crippen molar-refractivity contribution in [2.75, 3.05) is 0 Å². The molecule has 6 rings (SSSR count). The van der Waals surface area contributed by atoms with E-state index in [4.69, 9.17) is 10.5 Å². The summed E-state index contributed by atoms with van der Waals surface area (Å²) in [5.41, 5.74) is 0.300. The normalized spacial score (nSPS) is 9.44. The Morgan fingerprint density at radius 1 is 0.441 bits per heavy atom. The van der Waals surface area contributed by atoms with E-state index in [2.05, 4.69) is 102 Å². The van der Waals surface area contributed by atoms with E-state index < -0.39 is 41.4 Å². The van der Waals surface area contributed by atoms with Crippen LogP contribution in [0.2, 0.25) is 0 Å². The third kappa shape index (κ3) is 13.1. The second-order valence-electron chi connectivity index (χ2n) is 11.4. The second kappa shape index (κ2) is 26.8. The fourth-order valence-electron chi connectivity index (χ4n) is 5.95. The topological polar surface area (TPSA) is 47.6 Å². The molecule has 0 unspecified atom stereocenters. The molecule has 0 aliphatic heterocycles. The second-order valence-corrected chi connectivity index (χ2v) is 16.5. The van der Waals surface area contributed by atoms with Gasteiger partial charge in [-0.05, 0) is 101 Å². The first-order chi connectivity index (χ1) is 28.1. The van der Waals surface area contributed by atoms with Gasteiger partial charge in [-0.25, -0.2) is 22.0 Å². The Morgan fingerprint density at radius 3 is 0.898 bits per heavy atom. The lowest BCUT2D eigenvalue weighted by atomic mass is 10.0. The van der Waals surface area contributed by atoms with Gasteiger partial charge in [0.1, 0.15) is 40.5 Å². The summed E-state index contributed by atoms with van der Waals surface area (Å²) in [6.07, 6.45) is 0. The highest BCUT2D eigenvalue weighted by molar-refractivity contribution is 14.1. The molecule has 0 aliphatic carbocycles. The molecule has 0 aliphatic rings. The molecule has 0 amide bonds. The largest absolute Gasteiger partial charge is 1.00 e. The van der Waals surface area contributed by atoms with E-state index in [0.29, 0.717) is 0 Å². The minimum Gasteiger partial charge on any atom is -1.00 e. The van der Waals surface area contributed by atoms with Crippen LogP contribution in [0.25, 0.3) is 0 Å². The molecule has 12 heteroatoms. The van der Waals surface area contributed by atoms with Crippen molar-refractivity contribution in [3.63, 3.8) is 0 Å². The molecular weight excluding hydrogens is 1180 g/mol. The van der Waals surface area contributed by atoms with Gasteiger partial charge in [0.05, 0.1) is 28.8 Å². The molecule has 0 aromatic heterocycles. The van der Waals surface area contributed by atoms with Gasteiger partial charge in [0.2, 0.25) is 0 Å². The summed E-state index contributed by atoms with van der Waals surface area (Å²) < 4.78 is 76.6. The smallest absolute Gasteiger partial charge is 0.160 e. The van der Waals surface area contributed by atoms with Crippen LogP contribution >= 0.6 is 75.0 Å². The number of nitriles is 2. The minimum atomic E-state index is -2.38. The van der Waals surface area contributed by atoms with Crippen molar-refractivity contribution in [3.05, 3.63) is 196 Å². The summed E-state index contributed by atoms with van der Waals surface area (Å²) in [5.74, 6) is 2.90. The Morgan fingerprint density at radius 2 is 0.678 bits per heavy atom. The van der Waals surface area contributed by atoms with Crippen molar-refractivity contribution in [2.45, 2.75) is 19.5 Å². The van der Waals surface area contributed by atoms with Crippen molar-refractivity contribution < 1.29 is 38.9 Å². The molecule has 296 valence electrons. The van der Waals surface area contributed by atoms with Crippen molar-refractivity contribution in [3.8, 4) is 41.7 Å². The standard InChI is InChI=1S/C31H24F2P.C12F3I3.2C2H3N.BrH/c32-26-20-16-24(17-21-26)31(25-18-22-27(33)23-19-25)34(28-10-4-1-5-11-28,29-12-6-2-7-13-29)30-14-8-3-9-15-30;13-10-7(1-4-16)11(14)9(3-6-18)12(15)8(10)2-5-17;2*1-2-3;/h1-23,31H;;2*1H3;1H/q+1;;;;/p-1. The van der Waals surface area contributed by atoms with E-state index in [0.717, 1.165) is 11.1 Å². The number of hydrogen-bond acceptors (Lipinski definition) is 2. The van der Waals surface area contributed by atoms with Crippen LogP contribution < -0.4 is 32.9 Å². The Bertz CT molecular complexity index is 2280. The zero-order valence-corrected chi connectivity index (χ0v) is 40.1. The van der Waals surface area contributed by atoms with Crippen LogP contribution in [-0.2, 0) is 0 Å². The third-order valence-electron chi connectivity index (χ3n) is 8.08. The summed E-state index contributed by atoms with van der Waals surface area (Å²) in [5, 5.41) is 18.3. The highest BCUT2D eigenvalue weighted by atomic mass is 127. The average Bonchev–Trinajstić information content (AvgIpc) is 3.24. The molecule has 0 fully saturated rings. The van der Waals surface area contributed by atoms with Crippen molar-refractivity contribution in [2.24, 2.45) is 0 Å². The fourth-order valence-corrected chi connectivity index (χ4v) is 11.7. The molecule has 0 heterocycles. The lowest BCUT2D eigenvalue weighted by Gasteiger charge is -2.35. The molecule has 0 spiro atoms. The monoisotopic (exact) mass is 1210 g/mol. The number of benzene rings is 6. The van der Waals surface area contributed by atoms with Crippen LogP contribution in [0.3, 0.4) is 0 Å². The number of hydrogen-bond donors (Lipinski definition) is 0. The van der Waals surface area contributed by atoms with Crippen LogP contribution in [-0.4, -0.2) is 0 Å². The van der Waals surface area contributed by atoms with Gasteiger partial charge in [-0.2, -0.15) is 10.5 Å². The summed E-state index contributed by atoms with van der Waals surface area (Å²) in [4.78, 5) is 0. The number of nitrogens with zero attached hydrogens (tertiary/aromatic N) is 2. The van der Waals surface area contributed by atoms with Gasteiger partial charge in [0.15, 0.2) is 17.5 Å². The van der Waals surface area contributed by atoms with Crippen LogP contribution in [0.1, 0.15) is 47.3 Å². The van der Waals surface area contributed by atoms with Gasteiger partial charge in [-0.15, -0.1) is 0 Å². The zero-order chi connectivity index (χ0) is 42.5. The lowest BCUT2D eigenvalue weighted by molar-refractivity contribution is -0.0000145. The third-order valence-corrected chi connectivity index (χ3v) is 13.6. The molecule has 0 radical (unpaired) electrons. The predicted molar refractivity (Wildman–Crippen MR) is 251 cm³/mol. The molecule has 6 aromatic rings. The van der Waals surface area contributed by atoms with E-state index in [1.807, 2.05) is 42.5 Å². The zero-order valence-electron chi connectivity index (χ0n) is 31.1. The first-order valence-electron chi connectivity index (χ1n) is 16.8. The van der Waals surface area contributed by atoms with Crippen LogP contribution in [0.5, 0.6) is 0 Å². The highest BCUT2D eigenvalue weighted by Gasteiger charge is 2.53. The Hall–Kier alpha value is -4.27. The van der Waals surface area contributed by atoms with Crippen molar-refractivity contribution in [1.82, 2.24) is 0 Å². The summed E-state index contributed by atoms with van der Waals surface area (Å²) in [7, 11) is -2.38. The van der Waals surface area contributed by atoms with Gasteiger partial charge >= 0.3 is 0 Å². The van der Waals surface area contributed by atoms with Gasteiger partial charge < -0.3 is 17.0 Å². The molecule has 2 nitrogen and oxygen atoms in total. The van der Waals surface area contributed by atoms with Crippen molar-refractivity contribution >= 4 is 90.9 Å². The molecular formula is C47H30BrF5I3N2P. The quantitative estimate of drug-likeness (QED) is 0.0723. The molecule has 0 saturated carbocycles. The van der Waals surface area contributed by atoms with Crippen LogP contribution in [0.15, 0.2) is 140 Å². The first kappa shape index (κ1) is 50.9. The van der Waals surface area contributed by atoms with E-state index in [9.17, 15) is 22.0 Å². The van der Waals surface area contributed by atoms with E-state index >= 15 is 0 Å². The van der Waals surface area contributed by atoms with Gasteiger partial charge in [-0.1, -0.05) is 78.9 Å². The predicted octanol–water partition coefficient (Wildman–Crippen LogP) is 9.45. The number of rotatable bonds is 6. The minimum absolute atomic E-state index is 0. The maximum Gasteiger partial charge on any atom is 0.160 e. The summed E-state index contributed by atoms with van der Waals surface area (Å²) in [6, 6.07) is 48.7. The lowest BCUT2D eigenvalue weighted by Crippen LogP contribution is -3.00. The van der Waals surface area contributed by atoms with E-state index in [-0.39, 0.29) is 34.3 Å². The van der Waals surface area contributed by atoms with Crippen molar-refractivity contribution in [1.29, 1.82) is 10.5 Å². The maximum absolute atomic E-state index is 14.0. The van der Waals surface area contributed by atoms with E-state index in [1.54, 1.807) is 79.9 Å². The number of halogens is 9. The van der Waals surface area contributed by atoms with Gasteiger partial charge in [-0.3, -0.25) is 0 Å². The highest BCUT2D eigenvalue weighted by Crippen LogP contribution is 2.68. The molecule has 0 saturated heterocycles. The Labute approximate surface area is 394 Å². The maximum atomic E-state index is 14.0. The molecule has 0 N–H and O–H groups in total. The van der Waals surface area contributed by atoms with Gasteiger partial charge in [0.25, 0.3) is 0 Å².